The standard InChI is InChI=1S/C54H62F4N10O6/c1-3-36-40(55)8-5-33-23-35(69)25-38(44(33)36)46-45(57)47-39(26-59-46)48(67-16-4-11-52(2,73)27-67)63-51(62-47)74-31-53(12-13-53)28-64-17-14-54(15-18-64)29-68(58,30-54)32-65-19-21-66(22-20-65)34-6-7-37(41(56)24-34)49(71)60-42-9-10-43(70)61-50(42)72/h5-8,23-26,42,73H,3-4,9-22,27-32H2,1-2H3,(H2-,60,61,69,70,71,72)/p+1/t42-,52+/m0/s1. The molecule has 2 atom stereocenters. The number of carbonyl (C=O) groups is 3. The number of aromatic nitrogens is 3. The third-order valence-electron chi connectivity index (χ3n) is 16.5. The van der Waals surface area contributed by atoms with Gasteiger partial charge in [-0.1, -0.05) is 13.0 Å². The van der Waals surface area contributed by atoms with E-state index >= 15 is 17.7 Å². The lowest BCUT2D eigenvalue weighted by molar-refractivity contribution is -1.11. The van der Waals surface area contributed by atoms with Crippen molar-refractivity contribution in [3.8, 4) is 23.0 Å². The molecule has 7 heterocycles. The number of phenols is 1. The van der Waals surface area contributed by atoms with Crippen LogP contribution in [0.3, 0.4) is 0 Å². The maximum absolute atomic E-state index is 17.1. The molecule has 5 aromatic rings. The van der Waals surface area contributed by atoms with Gasteiger partial charge in [-0.2, -0.15) is 9.97 Å². The number of nitrogens with one attached hydrogen (secondary N) is 2. The number of phenolic OH excluding ortho intramolecular Hbond substituents is 1. The van der Waals surface area contributed by atoms with Crippen LogP contribution in [0.5, 0.6) is 11.8 Å². The van der Waals surface area contributed by atoms with Gasteiger partial charge in [0.2, 0.25) is 11.8 Å². The van der Waals surface area contributed by atoms with Crippen LogP contribution < -0.4 is 25.2 Å². The Morgan fingerprint density at radius 3 is 2.39 bits per heavy atom. The number of benzene rings is 3. The van der Waals surface area contributed by atoms with E-state index in [1.807, 2.05) is 16.7 Å². The number of halogens is 4. The van der Waals surface area contributed by atoms with E-state index in [0.717, 1.165) is 45.3 Å². The zero-order valence-electron chi connectivity index (χ0n) is 41.9. The van der Waals surface area contributed by atoms with Crippen molar-refractivity contribution in [1.29, 1.82) is 0 Å². The molecule has 1 saturated carbocycles. The number of carbonyl (C=O) groups excluding carboxylic acids is 3. The molecule has 0 unspecified atom stereocenters. The molecule has 20 heteroatoms. The van der Waals surface area contributed by atoms with Crippen LogP contribution in [0, 0.1) is 28.3 Å². The number of amides is 3. The van der Waals surface area contributed by atoms with Gasteiger partial charge in [0, 0.05) is 75.1 Å². The quantitative estimate of drug-likeness (QED) is 0.0601. The van der Waals surface area contributed by atoms with Gasteiger partial charge in [0.25, 0.3) is 5.91 Å². The Bertz CT molecular complexity index is 3040. The number of piperazine rings is 1. The number of fused-ring (bicyclic) bond motifs is 2. The molecule has 6 fully saturated rings. The minimum Gasteiger partial charge on any atom is -0.508 e. The van der Waals surface area contributed by atoms with Crippen molar-refractivity contribution in [1.82, 2.24) is 35.4 Å². The molecule has 1 spiro atoms. The Labute approximate surface area is 426 Å². The molecule has 392 valence electrons. The number of aryl methyl sites for hydroxylation is 1. The number of piperidine rings is 3. The van der Waals surface area contributed by atoms with Crippen molar-refractivity contribution < 1.29 is 51.7 Å². The van der Waals surface area contributed by atoms with Gasteiger partial charge >= 0.3 is 6.01 Å². The Hall–Kier alpha value is -6.22. The minimum atomic E-state index is -0.996. The topological polar surface area (TPSA) is 177 Å². The van der Waals surface area contributed by atoms with E-state index in [0.29, 0.717) is 105 Å². The summed E-state index contributed by atoms with van der Waals surface area (Å²) < 4.78 is 69.8. The van der Waals surface area contributed by atoms with Crippen LogP contribution >= 0.6 is 0 Å². The van der Waals surface area contributed by atoms with Gasteiger partial charge in [0.1, 0.15) is 53.5 Å². The van der Waals surface area contributed by atoms with Crippen molar-refractivity contribution in [3.63, 3.8) is 0 Å². The highest BCUT2D eigenvalue weighted by molar-refractivity contribution is 6.04. The molecule has 5 saturated heterocycles. The number of nitrogens with zero attached hydrogens (tertiary/aromatic N) is 8. The molecular formula is C54H63F4N10O6+. The first kappa shape index (κ1) is 50.0. The van der Waals surface area contributed by atoms with Gasteiger partial charge < -0.3 is 35.0 Å². The van der Waals surface area contributed by atoms with Crippen molar-refractivity contribution in [3.05, 3.63) is 77.2 Å². The second-order valence-electron chi connectivity index (χ2n) is 22.3. The van der Waals surface area contributed by atoms with Crippen LogP contribution in [0.25, 0.3) is 32.9 Å². The van der Waals surface area contributed by atoms with E-state index in [1.54, 1.807) is 19.1 Å². The smallest absolute Gasteiger partial charge is 0.319 e. The minimum absolute atomic E-state index is 0.00505. The number of aromatic hydroxyl groups is 1. The normalized spacial score (nSPS) is 23.7. The molecule has 3 aromatic carbocycles. The number of pyridine rings is 1. The largest absolute Gasteiger partial charge is 0.508 e. The number of aliphatic hydroxyl groups is 1. The maximum Gasteiger partial charge on any atom is 0.319 e. The van der Waals surface area contributed by atoms with E-state index in [1.165, 1.54) is 36.5 Å². The lowest BCUT2D eigenvalue weighted by Crippen LogP contribution is -2.70. The highest BCUT2D eigenvalue weighted by Gasteiger charge is 2.60. The van der Waals surface area contributed by atoms with Crippen LogP contribution in [0.15, 0.2) is 48.7 Å². The second kappa shape index (κ2) is 19.2. The first-order chi connectivity index (χ1) is 35.4. The van der Waals surface area contributed by atoms with Crippen LogP contribution in [-0.4, -0.2) is 154 Å². The molecule has 5 aliphatic heterocycles. The summed E-state index contributed by atoms with van der Waals surface area (Å²) in [6.07, 6.45) is 7.05. The molecule has 0 radical (unpaired) electrons. The summed E-state index contributed by atoms with van der Waals surface area (Å²) in [7, 11) is 0. The van der Waals surface area contributed by atoms with Gasteiger partial charge in [0.05, 0.1) is 28.6 Å². The molecule has 0 bridgehead atoms. The molecule has 6 aliphatic rings. The predicted octanol–water partition coefficient (Wildman–Crippen LogP) is 6.15. The van der Waals surface area contributed by atoms with E-state index in [9.17, 15) is 24.6 Å². The van der Waals surface area contributed by atoms with E-state index in [4.69, 9.17) is 9.72 Å². The molecule has 3 amide bonds. The molecule has 16 nitrogen and oxygen atoms in total. The Morgan fingerprint density at radius 1 is 0.919 bits per heavy atom. The fraction of sp³-hybridized carbons (Fsp3) is 0.519. The van der Waals surface area contributed by atoms with Gasteiger partial charge in [-0.15, -0.1) is 4.71 Å². The fourth-order valence-electron chi connectivity index (χ4n) is 12.4. The lowest BCUT2D eigenvalue weighted by atomic mass is 9.71. The number of β-amino-alcohol motifs (C(OH)–C–C–N with tert-alkyl or cyclic N) is 1. The summed E-state index contributed by atoms with van der Waals surface area (Å²) in [4.78, 5) is 58.9. The monoisotopic (exact) mass is 1020 g/mol. The number of hydrogen-bond donors (Lipinski definition) is 4. The molecule has 74 heavy (non-hydrogen) atoms. The number of quaternary nitrogens is 1. The van der Waals surface area contributed by atoms with Crippen LogP contribution in [0.4, 0.5) is 29.2 Å². The Balaban J connectivity index is 0.702. The number of imide groups is 1. The first-order valence-electron chi connectivity index (χ1n) is 26.0. The van der Waals surface area contributed by atoms with Crippen molar-refractivity contribution >= 4 is 50.9 Å². The zero-order chi connectivity index (χ0) is 51.7. The average molecular weight is 1020 g/mol. The zero-order valence-corrected chi connectivity index (χ0v) is 41.9. The number of anilines is 2. The molecule has 2 aromatic heterocycles. The number of hydrogen-bond acceptors (Lipinski definition) is 13. The van der Waals surface area contributed by atoms with Crippen molar-refractivity contribution in [2.45, 2.75) is 83.3 Å². The summed E-state index contributed by atoms with van der Waals surface area (Å²) in [5.74, 6) is -3.35. The van der Waals surface area contributed by atoms with E-state index in [2.05, 4.69) is 30.4 Å². The molecular weight excluding hydrogens is 961 g/mol. The summed E-state index contributed by atoms with van der Waals surface area (Å²) >= 11 is 0. The Kier molecular flexibility index (Phi) is 12.9. The summed E-state index contributed by atoms with van der Waals surface area (Å²) in [5.41, 5.74) is -0.264. The summed E-state index contributed by atoms with van der Waals surface area (Å²) in [5, 5.41) is 27.9. The maximum atomic E-state index is 17.1. The van der Waals surface area contributed by atoms with Crippen LogP contribution in [-0.2, 0) is 16.0 Å². The highest BCUT2D eigenvalue weighted by atomic mass is 19.2. The molecule has 4 N–H and O–H groups in total. The summed E-state index contributed by atoms with van der Waals surface area (Å²) in [6, 6.07) is 9.30. The predicted molar refractivity (Wildman–Crippen MR) is 268 cm³/mol. The third kappa shape index (κ3) is 9.92. The highest BCUT2D eigenvalue weighted by Crippen LogP contribution is 2.50. The fourth-order valence-corrected chi connectivity index (χ4v) is 12.4. The second-order valence-corrected chi connectivity index (χ2v) is 22.3. The third-order valence-corrected chi connectivity index (χ3v) is 16.5. The molecule has 1 aliphatic carbocycles. The SMILES string of the molecule is CCc1c(F)ccc2cc(O)cc(-c3ncc4c(N5CCC[C@@](C)(O)C5)nc(OCC5(CN6CCC7(CC6)C[N+](F)(CN6CCN(c8ccc(C(=O)N[C@H]9CCC(=O)NC9=O)c(F)c8)CC6)C7)CC5)nc4c3F)c12. The lowest BCUT2D eigenvalue weighted by Gasteiger charge is -2.54. The van der Waals surface area contributed by atoms with Crippen LogP contribution in [0.2, 0.25) is 0 Å². The Morgan fingerprint density at radius 2 is 1.69 bits per heavy atom. The number of rotatable bonds is 13. The number of ether oxygens (including phenoxy) is 1. The van der Waals surface area contributed by atoms with Crippen molar-refractivity contribution in [2.24, 2.45) is 10.8 Å². The van der Waals surface area contributed by atoms with Gasteiger partial charge in [-0.3, -0.25) is 29.6 Å². The van der Waals surface area contributed by atoms with Crippen LogP contribution in [0.1, 0.15) is 81.1 Å². The molecule has 11 rings (SSSR count). The first-order valence-corrected chi connectivity index (χ1v) is 26.0. The average Bonchev–Trinajstić information content (AvgIpc) is 4.14. The van der Waals surface area contributed by atoms with Gasteiger partial charge in [-0.25, -0.2) is 13.2 Å². The van der Waals surface area contributed by atoms with Gasteiger partial charge in [0.15, 0.2) is 12.5 Å². The summed E-state index contributed by atoms with van der Waals surface area (Å²) in [6.45, 7) is 10.8. The van der Waals surface area contributed by atoms with Gasteiger partial charge in [-0.05, 0) is 129 Å². The van der Waals surface area contributed by atoms with Crippen molar-refractivity contribution in [2.75, 3.05) is 95.1 Å². The van der Waals surface area contributed by atoms with E-state index in [-0.39, 0.29) is 71.0 Å². The van der Waals surface area contributed by atoms with E-state index < -0.39 is 51.5 Å². The number of likely N-dealkylation sites (tertiary alicyclic amines) is 2.